The molecule has 20 heavy (non-hydrogen) atoms. The highest BCUT2D eigenvalue weighted by Crippen LogP contribution is 2.09. The van der Waals surface area contributed by atoms with E-state index < -0.39 is 12.3 Å². The van der Waals surface area contributed by atoms with Crippen LogP contribution in [0.5, 0.6) is 0 Å². The van der Waals surface area contributed by atoms with E-state index in [-0.39, 0.29) is 6.42 Å². The number of aliphatic carboxylic acids is 1. The third-order valence-corrected chi connectivity index (χ3v) is 3.29. The molecule has 2 heteroatoms. The smallest absolute Gasteiger partial charge is 0.303 e. The Morgan fingerprint density at radius 3 is 1.85 bits per heavy atom. The number of carboxylic acid groups (broad SMARTS) is 1. The fourth-order valence-corrected chi connectivity index (χ4v) is 2.06. The minimum Gasteiger partial charge on any atom is -0.481 e. The Bertz CT molecular complexity index is 381. The normalized spacial score (nSPS) is 15.8. The quantitative estimate of drug-likeness (QED) is 0.291. The van der Waals surface area contributed by atoms with Gasteiger partial charge in [0.05, 0.1) is 2.74 Å². The first-order chi connectivity index (χ1) is 11.3. The van der Waals surface area contributed by atoms with Crippen molar-refractivity contribution in [3.05, 3.63) is 12.1 Å². The summed E-state index contributed by atoms with van der Waals surface area (Å²) < 4.78 is 30.4. The molecule has 0 amide bonds. The Labute approximate surface area is 131 Å². The summed E-state index contributed by atoms with van der Waals surface area (Å²) in [5, 5.41) is 8.68. The van der Waals surface area contributed by atoms with Crippen LogP contribution in [0.1, 0.15) is 102 Å². The maximum absolute atomic E-state index is 10.6. The standard InChI is InChI=1S/C18H34O2/c1-2-3-4-5-6-7-8-9-10-11-12-13-14-15-16-17-18(19)20/h9-10H,2-8,11-17H2,1H3,(H,19,20)/b10-9-/i9D,10D,17D2. The van der Waals surface area contributed by atoms with Crippen LogP contribution in [-0.2, 0) is 4.79 Å². The summed E-state index contributed by atoms with van der Waals surface area (Å²) in [6.07, 6.45) is 9.31. The summed E-state index contributed by atoms with van der Waals surface area (Å²) in [5.74, 6) is -1.40. The number of carboxylic acids is 1. The average Bonchev–Trinajstić information content (AvgIpc) is 2.53. The summed E-state index contributed by atoms with van der Waals surface area (Å²) in [4.78, 5) is 10.6. The summed E-state index contributed by atoms with van der Waals surface area (Å²) in [7, 11) is 0. The molecule has 118 valence electrons. The van der Waals surface area contributed by atoms with Crippen molar-refractivity contribution in [3.63, 3.8) is 0 Å². The Hall–Kier alpha value is -0.790. The van der Waals surface area contributed by atoms with E-state index in [9.17, 15) is 4.79 Å². The highest BCUT2D eigenvalue weighted by atomic mass is 16.4. The molecule has 2 nitrogen and oxygen atoms in total. The van der Waals surface area contributed by atoms with Crippen LogP contribution in [0.2, 0.25) is 0 Å². The zero-order valence-corrected chi connectivity index (χ0v) is 13.0. The third kappa shape index (κ3) is 17.2. The molecule has 0 fully saturated rings. The molecule has 0 radical (unpaired) electrons. The lowest BCUT2D eigenvalue weighted by Gasteiger charge is -1.99. The van der Waals surface area contributed by atoms with Gasteiger partial charge in [0.25, 0.3) is 0 Å². The van der Waals surface area contributed by atoms with Crippen LogP contribution < -0.4 is 0 Å². The van der Waals surface area contributed by atoms with E-state index >= 15 is 0 Å². The molecular formula is C18H34O2. The molecule has 0 bridgehead atoms. The number of allylic oxidation sites excluding steroid dienone is 2. The fraction of sp³-hybridized carbons (Fsp3) is 0.833. The summed E-state index contributed by atoms with van der Waals surface area (Å²) >= 11 is 0. The molecule has 0 aliphatic rings. The van der Waals surface area contributed by atoms with Gasteiger partial charge in [0, 0.05) is 9.11 Å². The molecule has 1 N–H and O–H groups in total. The molecule has 0 aliphatic carbocycles. The molecular weight excluding hydrogens is 248 g/mol. The van der Waals surface area contributed by atoms with Crippen molar-refractivity contribution in [3.8, 4) is 0 Å². The van der Waals surface area contributed by atoms with Gasteiger partial charge in [0.15, 0.2) is 0 Å². The number of unbranched alkanes of at least 4 members (excludes halogenated alkanes) is 8. The van der Waals surface area contributed by atoms with Gasteiger partial charge in [-0.3, -0.25) is 4.79 Å². The second-order valence-electron chi connectivity index (χ2n) is 5.27. The SMILES string of the molecule is [2H]/C(CCCCCCCC)=C(\[2H])CCCCCCC([2H])([2H])C(=O)O. The van der Waals surface area contributed by atoms with Crippen LogP contribution in [0, 0.1) is 0 Å². The predicted octanol–water partition coefficient (Wildman–Crippen LogP) is 6.11. The number of carbonyl (C=O) groups is 1. The van der Waals surface area contributed by atoms with Gasteiger partial charge < -0.3 is 5.11 Å². The van der Waals surface area contributed by atoms with Crippen molar-refractivity contribution >= 4 is 5.97 Å². The van der Waals surface area contributed by atoms with Gasteiger partial charge in [-0.05, 0) is 32.1 Å². The lowest BCUT2D eigenvalue weighted by atomic mass is 10.1. The molecule has 0 saturated heterocycles. The van der Waals surface area contributed by atoms with E-state index in [0.717, 1.165) is 32.1 Å². The van der Waals surface area contributed by atoms with Crippen LogP contribution in [0.3, 0.4) is 0 Å². The van der Waals surface area contributed by atoms with Crippen molar-refractivity contribution in [1.82, 2.24) is 0 Å². The van der Waals surface area contributed by atoms with Gasteiger partial charge in [-0.15, -0.1) is 0 Å². The van der Waals surface area contributed by atoms with Gasteiger partial charge in [-0.2, -0.15) is 0 Å². The molecule has 0 aromatic heterocycles. The molecule has 0 atom stereocenters. The molecule has 0 aromatic rings. The zero-order chi connectivity index (χ0) is 18.4. The maximum Gasteiger partial charge on any atom is 0.303 e. The van der Waals surface area contributed by atoms with Crippen molar-refractivity contribution < 1.29 is 15.4 Å². The van der Waals surface area contributed by atoms with Crippen molar-refractivity contribution in [2.24, 2.45) is 0 Å². The predicted molar refractivity (Wildman–Crippen MR) is 87.1 cm³/mol. The van der Waals surface area contributed by atoms with E-state index in [1.54, 1.807) is 0 Å². The second kappa shape index (κ2) is 16.3. The van der Waals surface area contributed by atoms with E-state index in [0.29, 0.717) is 31.4 Å². The van der Waals surface area contributed by atoms with Crippen LogP contribution in [0.25, 0.3) is 0 Å². The van der Waals surface area contributed by atoms with E-state index in [2.05, 4.69) is 6.92 Å². The first-order valence-corrected chi connectivity index (χ1v) is 8.20. The Balaban J connectivity index is 3.72. The summed E-state index contributed by atoms with van der Waals surface area (Å²) in [6, 6.07) is 0.872. The lowest BCUT2D eigenvalue weighted by molar-refractivity contribution is -0.137. The maximum atomic E-state index is 10.6. The van der Waals surface area contributed by atoms with E-state index in [1.165, 1.54) is 25.7 Å². The van der Waals surface area contributed by atoms with Crippen LogP contribution >= 0.6 is 0 Å². The third-order valence-electron chi connectivity index (χ3n) is 3.29. The van der Waals surface area contributed by atoms with Gasteiger partial charge in [0.1, 0.15) is 0 Å². The van der Waals surface area contributed by atoms with Crippen molar-refractivity contribution in [2.45, 2.75) is 96.8 Å². The Kier molecular flexibility index (Phi) is 10.5. The first kappa shape index (κ1) is 12.9. The van der Waals surface area contributed by atoms with E-state index in [1.807, 2.05) is 0 Å². The molecule has 0 aromatic carbocycles. The zero-order valence-electron chi connectivity index (χ0n) is 17.0. The largest absolute Gasteiger partial charge is 0.481 e. The molecule has 0 rings (SSSR count). The lowest BCUT2D eigenvalue weighted by Crippen LogP contribution is -1.93. The van der Waals surface area contributed by atoms with Gasteiger partial charge in [-0.25, -0.2) is 0 Å². The van der Waals surface area contributed by atoms with Gasteiger partial charge in [0.2, 0.25) is 0 Å². The van der Waals surface area contributed by atoms with Crippen LogP contribution in [-0.4, -0.2) is 11.1 Å². The monoisotopic (exact) mass is 286 g/mol. The summed E-state index contributed by atoms with van der Waals surface area (Å²) in [6.45, 7) is 2.19. The molecule has 0 saturated carbocycles. The van der Waals surface area contributed by atoms with E-state index in [4.69, 9.17) is 10.6 Å². The Morgan fingerprint density at radius 1 is 0.900 bits per heavy atom. The molecule has 0 heterocycles. The van der Waals surface area contributed by atoms with Crippen molar-refractivity contribution in [1.29, 1.82) is 0 Å². The second-order valence-corrected chi connectivity index (χ2v) is 5.27. The topological polar surface area (TPSA) is 37.3 Å². The minimum absolute atomic E-state index is 0.0353. The number of hydrogen-bond donors (Lipinski definition) is 1. The van der Waals surface area contributed by atoms with Crippen LogP contribution in [0.4, 0.5) is 0 Å². The molecule has 0 aliphatic heterocycles. The number of hydrogen-bond acceptors (Lipinski definition) is 1. The first-order valence-electron chi connectivity index (χ1n) is 10.2. The number of rotatable bonds is 15. The highest BCUT2D eigenvalue weighted by molar-refractivity contribution is 5.66. The van der Waals surface area contributed by atoms with Crippen molar-refractivity contribution in [2.75, 3.05) is 0 Å². The van der Waals surface area contributed by atoms with Crippen LogP contribution in [0.15, 0.2) is 12.1 Å². The Morgan fingerprint density at radius 2 is 1.35 bits per heavy atom. The molecule has 0 unspecified atom stereocenters. The molecule has 0 spiro atoms. The fourth-order valence-electron chi connectivity index (χ4n) is 2.06. The van der Waals surface area contributed by atoms with Gasteiger partial charge in [-0.1, -0.05) is 70.4 Å². The van der Waals surface area contributed by atoms with Gasteiger partial charge >= 0.3 is 5.97 Å². The highest BCUT2D eigenvalue weighted by Gasteiger charge is 1.95. The summed E-state index contributed by atoms with van der Waals surface area (Å²) in [5.41, 5.74) is 0. The average molecular weight is 286 g/mol. The minimum atomic E-state index is -2.13.